The number of para-hydroxylation sites is 1. The highest BCUT2D eigenvalue weighted by Gasteiger charge is 2.22. The Bertz CT molecular complexity index is 936. The van der Waals surface area contributed by atoms with Crippen LogP contribution in [0.5, 0.6) is 5.88 Å². The molecule has 0 unspecified atom stereocenters. The summed E-state index contributed by atoms with van der Waals surface area (Å²) in [4.78, 5) is 22.0. The zero-order chi connectivity index (χ0) is 17.2. The maximum absolute atomic E-state index is 13.1. The summed E-state index contributed by atoms with van der Waals surface area (Å²) in [7, 11) is 1.57. The van der Waals surface area contributed by atoms with Gasteiger partial charge in [0.2, 0.25) is 5.88 Å². The van der Waals surface area contributed by atoms with E-state index in [1.165, 1.54) is 0 Å². The van der Waals surface area contributed by atoms with Crippen molar-refractivity contribution in [3.05, 3.63) is 59.4 Å². The molecule has 0 aliphatic heterocycles. The van der Waals surface area contributed by atoms with Gasteiger partial charge in [-0.2, -0.15) is 0 Å². The molecule has 25 heavy (non-hydrogen) atoms. The van der Waals surface area contributed by atoms with Crippen molar-refractivity contribution in [2.75, 3.05) is 12.4 Å². The standard InChI is InChI=1S/C20H19N3O2/c1-25-18-11-10-13(12-21-18)22-20(24)19-14-6-2-4-8-16(14)23-17-9-5-3-7-15(17)19/h2,4,6,8,10-12H,3,5,7,9H2,1H3,(H,22,24). The molecule has 0 spiro atoms. The minimum atomic E-state index is -0.108. The van der Waals surface area contributed by atoms with Gasteiger partial charge in [0.05, 0.1) is 30.1 Å². The lowest BCUT2D eigenvalue weighted by molar-refractivity contribution is 0.102. The van der Waals surface area contributed by atoms with Gasteiger partial charge < -0.3 is 10.1 Å². The molecular weight excluding hydrogens is 314 g/mol. The molecule has 2 aromatic heterocycles. The van der Waals surface area contributed by atoms with Gasteiger partial charge in [0.15, 0.2) is 0 Å². The van der Waals surface area contributed by atoms with Gasteiger partial charge in [0.1, 0.15) is 0 Å². The predicted molar refractivity (Wildman–Crippen MR) is 97.1 cm³/mol. The van der Waals surface area contributed by atoms with Gasteiger partial charge in [-0.3, -0.25) is 9.78 Å². The highest BCUT2D eigenvalue weighted by Crippen LogP contribution is 2.29. The Morgan fingerprint density at radius 2 is 1.96 bits per heavy atom. The first kappa shape index (κ1) is 15.6. The number of anilines is 1. The molecule has 1 aliphatic rings. The van der Waals surface area contributed by atoms with Crippen LogP contribution in [-0.4, -0.2) is 23.0 Å². The van der Waals surface area contributed by atoms with Crippen LogP contribution in [0.15, 0.2) is 42.6 Å². The number of pyridine rings is 2. The fourth-order valence-corrected chi connectivity index (χ4v) is 3.40. The fourth-order valence-electron chi connectivity index (χ4n) is 3.40. The number of ether oxygens (including phenoxy) is 1. The molecular formula is C20H19N3O2. The number of rotatable bonds is 3. The molecule has 4 rings (SSSR count). The molecule has 5 heteroatoms. The highest BCUT2D eigenvalue weighted by molar-refractivity contribution is 6.13. The summed E-state index contributed by atoms with van der Waals surface area (Å²) in [5, 5.41) is 3.87. The summed E-state index contributed by atoms with van der Waals surface area (Å²) in [6, 6.07) is 11.4. The Balaban J connectivity index is 1.77. The van der Waals surface area contributed by atoms with Crippen molar-refractivity contribution >= 4 is 22.5 Å². The predicted octanol–water partition coefficient (Wildman–Crippen LogP) is 3.77. The molecule has 3 aromatic rings. The van der Waals surface area contributed by atoms with Gasteiger partial charge in [0.25, 0.3) is 5.91 Å². The first-order valence-corrected chi connectivity index (χ1v) is 8.48. The van der Waals surface area contributed by atoms with E-state index in [-0.39, 0.29) is 5.91 Å². The van der Waals surface area contributed by atoms with Crippen LogP contribution in [-0.2, 0) is 12.8 Å². The minimum absolute atomic E-state index is 0.108. The van der Waals surface area contributed by atoms with Crippen molar-refractivity contribution in [1.29, 1.82) is 0 Å². The molecule has 1 aromatic carbocycles. The van der Waals surface area contributed by atoms with E-state index in [9.17, 15) is 4.79 Å². The monoisotopic (exact) mass is 333 g/mol. The van der Waals surface area contributed by atoms with Crippen LogP contribution in [0.1, 0.15) is 34.5 Å². The molecule has 5 nitrogen and oxygen atoms in total. The summed E-state index contributed by atoms with van der Waals surface area (Å²) >= 11 is 0. The van der Waals surface area contributed by atoms with Gasteiger partial charge in [-0.25, -0.2) is 4.98 Å². The number of aromatic nitrogens is 2. The fraction of sp³-hybridized carbons (Fsp3) is 0.250. The smallest absolute Gasteiger partial charge is 0.256 e. The number of hydrogen-bond donors (Lipinski definition) is 1. The maximum Gasteiger partial charge on any atom is 0.256 e. The van der Waals surface area contributed by atoms with Crippen LogP contribution in [0, 0.1) is 0 Å². The van der Waals surface area contributed by atoms with Gasteiger partial charge in [0, 0.05) is 17.1 Å². The van der Waals surface area contributed by atoms with Crippen molar-refractivity contribution < 1.29 is 9.53 Å². The second kappa shape index (κ2) is 6.51. The van der Waals surface area contributed by atoms with Gasteiger partial charge in [-0.05, 0) is 43.4 Å². The summed E-state index contributed by atoms with van der Waals surface area (Å²) in [5.74, 6) is 0.411. The number of carbonyl (C=O) groups is 1. The topological polar surface area (TPSA) is 64.1 Å². The molecule has 1 aliphatic carbocycles. The number of methoxy groups -OCH3 is 1. The molecule has 0 radical (unpaired) electrons. The third kappa shape index (κ3) is 2.93. The van der Waals surface area contributed by atoms with Crippen molar-refractivity contribution in [2.45, 2.75) is 25.7 Å². The van der Waals surface area contributed by atoms with Crippen molar-refractivity contribution in [3.8, 4) is 5.88 Å². The third-order valence-electron chi connectivity index (χ3n) is 4.60. The average molecular weight is 333 g/mol. The Kier molecular flexibility index (Phi) is 4.06. The number of nitrogens with zero attached hydrogens (tertiary/aromatic N) is 2. The molecule has 2 heterocycles. The summed E-state index contributed by atoms with van der Waals surface area (Å²) in [6.45, 7) is 0. The van der Waals surface area contributed by atoms with E-state index in [1.807, 2.05) is 24.3 Å². The molecule has 0 saturated heterocycles. The van der Waals surface area contributed by atoms with Gasteiger partial charge >= 0.3 is 0 Å². The lowest BCUT2D eigenvalue weighted by Crippen LogP contribution is -2.19. The molecule has 1 amide bonds. The number of hydrogen-bond acceptors (Lipinski definition) is 4. The molecule has 0 saturated carbocycles. The zero-order valence-electron chi connectivity index (χ0n) is 14.1. The van der Waals surface area contributed by atoms with E-state index in [0.29, 0.717) is 11.6 Å². The van der Waals surface area contributed by atoms with E-state index >= 15 is 0 Å². The highest BCUT2D eigenvalue weighted by atomic mass is 16.5. The SMILES string of the molecule is COc1ccc(NC(=O)c2c3c(nc4ccccc24)CCCC3)cn1. The quantitative estimate of drug-likeness (QED) is 0.792. The Morgan fingerprint density at radius 1 is 1.12 bits per heavy atom. The largest absolute Gasteiger partial charge is 0.481 e. The van der Waals surface area contributed by atoms with E-state index < -0.39 is 0 Å². The minimum Gasteiger partial charge on any atom is -0.481 e. The van der Waals surface area contributed by atoms with Crippen LogP contribution in [0.25, 0.3) is 10.9 Å². The van der Waals surface area contributed by atoms with Crippen LogP contribution >= 0.6 is 0 Å². The normalized spacial score (nSPS) is 13.3. The zero-order valence-corrected chi connectivity index (χ0v) is 14.1. The van der Waals surface area contributed by atoms with Crippen LogP contribution in [0.2, 0.25) is 0 Å². The molecule has 0 atom stereocenters. The van der Waals surface area contributed by atoms with E-state index in [1.54, 1.807) is 25.4 Å². The second-order valence-corrected chi connectivity index (χ2v) is 6.18. The first-order chi connectivity index (χ1) is 12.3. The molecule has 0 bridgehead atoms. The third-order valence-corrected chi connectivity index (χ3v) is 4.60. The Morgan fingerprint density at radius 3 is 2.76 bits per heavy atom. The molecule has 0 fully saturated rings. The molecule has 1 N–H and O–H groups in total. The number of benzene rings is 1. The Labute approximate surface area is 146 Å². The number of amides is 1. The summed E-state index contributed by atoms with van der Waals surface area (Å²) in [5.41, 5.74) is 4.42. The summed E-state index contributed by atoms with van der Waals surface area (Å²) in [6.07, 6.45) is 5.66. The van der Waals surface area contributed by atoms with Crippen molar-refractivity contribution in [2.24, 2.45) is 0 Å². The van der Waals surface area contributed by atoms with Crippen molar-refractivity contribution in [3.63, 3.8) is 0 Å². The second-order valence-electron chi connectivity index (χ2n) is 6.18. The Hall–Kier alpha value is -2.95. The molecule has 126 valence electrons. The van der Waals surface area contributed by atoms with Crippen LogP contribution in [0.4, 0.5) is 5.69 Å². The number of fused-ring (bicyclic) bond motifs is 2. The van der Waals surface area contributed by atoms with E-state index in [4.69, 9.17) is 9.72 Å². The van der Waals surface area contributed by atoms with Crippen LogP contribution in [0.3, 0.4) is 0 Å². The van der Waals surface area contributed by atoms with Gasteiger partial charge in [-0.1, -0.05) is 18.2 Å². The van der Waals surface area contributed by atoms with E-state index in [0.717, 1.165) is 53.4 Å². The average Bonchev–Trinajstić information content (AvgIpc) is 2.66. The summed E-state index contributed by atoms with van der Waals surface area (Å²) < 4.78 is 5.06. The van der Waals surface area contributed by atoms with Crippen LogP contribution < -0.4 is 10.1 Å². The number of carbonyl (C=O) groups excluding carboxylic acids is 1. The lowest BCUT2D eigenvalue weighted by Gasteiger charge is -2.20. The lowest BCUT2D eigenvalue weighted by atomic mass is 9.89. The first-order valence-electron chi connectivity index (χ1n) is 8.48. The van der Waals surface area contributed by atoms with Gasteiger partial charge in [-0.15, -0.1) is 0 Å². The number of nitrogens with one attached hydrogen (secondary N) is 1. The number of aryl methyl sites for hydroxylation is 1. The van der Waals surface area contributed by atoms with Crippen molar-refractivity contribution in [1.82, 2.24) is 9.97 Å². The maximum atomic E-state index is 13.1. The van der Waals surface area contributed by atoms with E-state index in [2.05, 4.69) is 10.3 Å².